The van der Waals surface area contributed by atoms with Crippen LogP contribution in [0.2, 0.25) is 0 Å². The van der Waals surface area contributed by atoms with Gasteiger partial charge in [-0.05, 0) is 12.8 Å². The van der Waals surface area contributed by atoms with E-state index in [1.807, 2.05) is 6.92 Å². The van der Waals surface area contributed by atoms with E-state index in [4.69, 9.17) is 4.74 Å². The van der Waals surface area contributed by atoms with Crippen LogP contribution in [0.5, 0.6) is 0 Å². The molecule has 0 aromatic heterocycles. The van der Waals surface area contributed by atoms with E-state index in [1.54, 1.807) is 7.11 Å². The molecule has 15 heavy (non-hydrogen) atoms. The fourth-order valence-electron chi connectivity index (χ4n) is 1.49. The summed E-state index contributed by atoms with van der Waals surface area (Å²) in [6.45, 7) is 6.18. The first kappa shape index (κ1) is 14.0. The fraction of sp³-hybridized carbons (Fsp3) is 0.750. The first-order valence-electron chi connectivity index (χ1n) is 5.10. The molecule has 2 atom stereocenters. The number of hydrogen-bond donors (Lipinski definition) is 0. The van der Waals surface area contributed by atoms with Crippen molar-refractivity contribution in [3.8, 4) is 11.8 Å². The van der Waals surface area contributed by atoms with Crippen molar-refractivity contribution in [3.05, 3.63) is 0 Å². The summed E-state index contributed by atoms with van der Waals surface area (Å²) in [5.41, 5.74) is 0. The van der Waals surface area contributed by atoms with Crippen molar-refractivity contribution in [3.63, 3.8) is 0 Å². The molecule has 0 amide bonds. The van der Waals surface area contributed by atoms with Crippen molar-refractivity contribution < 1.29 is 14.3 Å². The van der Waals surface area contributed by atoms with Gasteiger partial charge < -0.3 is 9.47 Å². The van der Waals surface area contributed by atoms with E-state index < -0.39 is 0 Å². The lowest BCUT2D eigenvalue weighted by molar-refractivity contribution is -0.139. The molecule has 0 aromatic carbocycles. The summed E-state index contributed by atoms with van der Waals surface area (Å²) in [5.74, 6) is 6.05. The molecule has 0 aromatic rings. The third-order valence-electron chi connectivity index (χ3n) is 2.21. The molecule has 0 rings (SSSR count). The summed E-state index contributed by atoms with van der Waals surface area (Å²) in [5, 5.41) is 0. The molecule has 0 radical (unpaired) electrons. The zero-order valence-electron chi connectivity index (χ0n) is 10.2. The molecule has 0 aliphatic carbocycles. The Hall–Kier alpha value is -1.01. The van der Waals surface area contributed by atoms with Gasteiger partial charge in [0.05, 0.1) is 13.2 Å². The first-order valence-corrected chi connectivity index (χ1v) is 5.10. The van der Waals surface area contributed by atoms with Crippen LogP contribution >= 0.6 is 0 Å². The van der Waals surface area contributed by atoms with Crippen LogP contribution in [0, 0.1) is 23.7 Å². The van der Waals surface area contributed by atoms with Crippen LogP contribution in [-0.2, 0) is 14.3 Å². The molecule has 0 saturated heterocycles. The highest BCUT2D eigenvalue weighted by molar-refractivity contribution is 5.72. The van der Waals surface area contributed by atoms with Crippen LogP contribution in [0.3, 0.4) is 0 Å². The summed E-state index contributed by atoms with van der Waals surface area (Å²) in [7, 11) is 3.04. The molecule has 0 fully saturated rings. The number of carbonyl (C=O) groups excluding carboxylic acids is 1. The van der Waals surface area contributed by atoms with Gasteiger partial charge in [-0.3, -0.25) is 4.79 Å². The second-order valence-corrected chi connectivity index (χ2v) is 3.81. The minimum atomic E-state index is -0.298. The lowest BCUT2D eigenvalue weighted by Crippen LogP contribution is -2.25. The van der Waals surface area contributed by atoms with Gasteiger partial charge in [-0.15, -0.1) is 0 Å². The van der Waals surface area contributed by atoms with Gasteiger partial charge in [0.25, 0.3) is 0 Å². The van der Waals surface area contributed by atoms with E-state index in [0.29, 0.717) is 5.92 Å². The highest BCUT2D eigenvalue weighted by Gasteiger charge is 2.18. The van der Waals surface area contributed by atoms with E-state index in [0.717, 1.165) is 0 Å². The molecule has 0 aliphatic heterocycles. The number of hydrogen-bond acceptors (Lipinski definition) is 3. The SMILES string of the molecule is COC(=O)CC#C[C@H](C)[C@@H](OC)C(C)C. The maximum atomic E-state index is 10.8. The van der Waals surface area contributed by atoms with Crippen LogP contribution in [-0.4, -0.2) is 26.3 Å². The topological polar surface area (TPSA) is 35.5 Å². The number of carbonyl (C=O) groups is 1. The van der Waals surface area contributed by atoms with Crippen LogP contribution in [0.15, 0.2) is 0 Å². The van der Waals surface area contributed by atoms with E-state index in [9.17, 15) is 4.79 Å². The Morgan fingerprint density at radius 2 is 1.87 bits per heavy atom. The Labute approximate surface area is 92.1 Å². The smallest absolute Gasteiger partial charge is 0.317 e. The van der Waals surface area contributed by atoms with Gasteiger partial charge in [0.1, 0.15) is 6.42 Å². The van der Waals surface area contributed by atoms with Crippen molar-refractivity contribution in [2.75, 3.05) is 14.2 Å². The maximum Gasteiger partial charge on any atom is 0.317 e. The van der Waals surface area contributed by atoms with Crippen LogP contribution in [0.4, 0.5) is 0 Å². The molecule has 0 unspecified atom stereocenters. The number of esters is 1. The highest BCUT2D eigenvalue weighted by Crippen LogP contribution is 2.14. The zero-order chi connectivity index (χ0) is 11.8. The predicted molar refractivity (Wildman–Crippen MR) is 59.2 cm³/mol. The molecule has 0 N–H and O–H groups in total. The quantitative estimate of drug-likeness (QED) is 0.527. The lowest BCUT2D eigenvalue weighted by atomic mass is 9.95. The Balaban J connectivity index is 4.20. The second-order valence-electron chi connectivity index (χ2n) is 3.81. The molecule has 3 heteroatoms. The van der Waals surface area contributed by atoms with Gasteiger partial charge in [-0.25, -0.2) is 0 Å². The van der Waals surface area contributed by atoms with E-state index in [2.05, 4.69) is 30.4 Å². The second kappa shape index (κ2) is 7.30. The van der Waals surface area contributed by atoms with Crippen molar-refractivity contribution in [1.82, 2.24) is 0 Å². The molecule has 3 nitrogen and oxygen atoms in total. The average molecular weight is 212 g/mol. The molecule has 0 heterocycles. The number of methoxy groups -OCH3 is 2. The Bertz CT molecular complexity index is 247. The molecule has 86 valence electrons. The third-order valence-corrected chi connectivity index (χ3v) is 2.21. The average Bonchev–Trinajstić information content (AvgIpc) is 2.17. The fourth-order valence-corrected chi connectivity index (χ4v) is 1.49. The minimum Gasteiger partial charge on any atom is -0.468 e. The van der Waals surface area contributed by atoms with E-state index >= 15 is 0 Å². The van der Waals surface area contributed by atoms with Crippen molar-refractivity contribution >= 4 is 5.97 Å². The zero-order valence-corrected chi connectivity index (χ0v) is 10.2. The van der Waals surface area contributed by atoms with Crippen molar-refractivity contribution in [1.29, 1.82) is 0 Å². The largest absolute Gasteiger partial charge is 0.468 e. The van der Waals surface area contributed by atoms with Gasteiger partial charge >= 0.3 is 5.97 Å². The van der Waals surface area contributed by atoms with Crippen LogP contribution < -0.4 is 0 Å². The van der Waals surface area contributed by atoms with Crippen LogP contribution in [0.25, 0.3) is 0 Å². The molecular formula is C12H20O3. The van der Waals surface area contributed by atoms with Crippen molar-refractivity contribution in [2.45, 2.75) is 33.3 Å². The molecule has 0 bridgehead atoms. The van der Waals surface area contributed by atoms with E-state index in [1.165, 1.54) is 7.11 Å². The highest BCUT2D eigenvalue weighted by atomic mass is 16.5. The van der Waals surface area contributed by atoms with Crippen LogP contribution in [0.1, 0.15) is 27.2 Å². The number of rotatable bonds is 4. The third kappa shape index (κ3) is 5.44. The standard InChI is InChI=1S/C12H20O3/c1-9(2)12(15-5)10(3)7-6-8-11(13)14-4/h9-10,12H,8H2,1-5H3/t10-,12-/m0/s1. The summed E-state index contributed by atoms with van der Waals surface area (Å²) in [6.07, 6.45) is 0.255. The van der Waals surface area contributed by atoms with Gasteiger partial charge in [0.15, 0.2) is 0 Å². The lowest BCUT2D eigenvalue weighted by Gasteiger charge is -2.22. The minimum absolute atomic E-state index is 0.107. The van der Waals surface area contributed by atoms with Gasteiger partial charge in [0, 0.05) is 13.0 Å². The summed E-state index contributed by atoms with van der Waals surface area (Å²) in [6, 6.07) is 0. The van der Waals surface area contributed by atoms with Gasteiger partial charge in [0.2, 0.25) is 0 Å². The Kier molecular flexibility index (Phi) is 6.81. The molecular weight excluding hydrogens is 192 g/mol. The predicted octanol–water partition coefficient (Wildman–Crippen LogP) is 1.86. The Morgan fingerprint density at radius 1 is 1.27 bits per heavy atom. The summed E-state index contributed by atoms with van der Waals surface area (Å²) in [4.78, 5) is 10.8. The monoisotopic (exact) mass is 212 g/mol. The van der Waals surface area contributed by atoms with Crippen molar-refractivity contribution in [2.24, 2.45) is 11.8 Å². The maximum absolute atomic E-state index is 10.8. The van der Waals surface area contributed by atoms with Gasteiger partial charge in [-0.1, -0.05) is 25.7 Å². The molecule has 0 saturated carbocycles. The number of ether oxygens (including phenoxy) is 2. The Morgan fingerprint density at radius 3 is 2.27 bits per heavy atom. The normalized spacial score (nSPS) is 14.0. The van der Waals surface area contributed by atoms with E-state index in [-0.39, 0.29) is 24.4 Å². The van der Waals surface area contributed by atoms with Gasteiger partial charge in [-0.2, -0.15) is 0 Å². The molecule has 0 spiro atoms. The summed E-state index contributed by atoms with van der Waals surface area (Å²) >= 11 is 0. The molecule has 0 aliphatic rings. The first-order chi connectivity index (χ1) is 7.02. The summed E-state index contributed by atoms with van der Waals surface area (Å²) < 4.78 is 9.83.